The van der Waals surface area contributed by atoms with Gasteiger partial charge in [0.1, 0.15) is 0 Å². The van der Waals surface area contributed by atoms with Crippen LogP contribution in [0.5, 0.6) is 0 Å². The molecule has 0 aliphatic heterocycles. The molecular weight excluding hydrogens is 190 g/mol. The Balaban J connectivity index is 2.39. The lowest BCUT2D eigenvalue weighted by atomic mass is 10.2. The lowest BCUT2D eigenvalue weighted by molar-refractivity contribution is -0.137. The summed E-state index contributed by atoms with van der Waals surface area (Å²) in [6.45, 7) is 2.57. The van der Waals surface area contributed by atoms with Gasteiger partial charge in [0.05, 0.1) is 11.9 Å². The van der Waals surface area contributed by atoms with Crippen LogP contribution in [0.25, 0.3) is 10.9 Å². The minimum absolute atomic E-state index is 0.165. The van der Waals surface area contributed by atoms with Crippen molar-refractivity contribution in [1.29, 1.82) is 0 Å². The second-order valence-corrected chi connectivity index (χ2v) is 3.67. The highest BCUT2D eigenvalue weighted by Crippen LogP contribution is 2.19. The lowest BCUT2D eigenvalue weighted by Gasteiger charge is -2.05. The molecule has 0 fully saturated rings. The van der Waals surface area contributed by atoms with Crippen molar-refractivity contribution >= 4 is 16.9 Å². The van der Waals surface area contributed by atoms with Crippen LogP contribution in [0, 0.1) is 6.92 Å². The average Bonchev–Trinajstić information content (AvgIpc) is 2.59. The highest BCUT2D eigenvalue weighted by molar-refractivity contribution is 5.83. The quantitative estimate of drug-likeness (QED) is 0.832. The zero-order valence-corrected chi connectivity index (χ0v) is 8.60. The van der Waals surface area contributed by atoms with E-state index in [1.54, 1.807) is 0 Å². The maximum atomic E-state index is 10.5. The van der Waals surface area contributed by atoms with Gasteiger partial charge >= 0.3 is 5.97 Å². The Morgan fingerprint density at radius 2 is 2.20 bits per heavy atom. The van der Waals surface area contributed by atoms with Gasteiger partial charge in [-0.1, -0.05) is 18.2 Å². The van der Waals surface area contributed by atoms with Crippen molar-refractivity contribution in [3.63, 3.8) is 0 Å². The Hall–Kier alpha value is -1.77. The van der Waals surface area contributed by atoms with Crippen LogP contribution in [0.3, 0.4) is 0 Å². The number of carboxylic acids is 1. The van der Waals surface area contributed by atoms with Crippen LogP contribution >= 0.6 is 0 Å². The molecule has 0 aliphatic rings. The predicted molar refractivity (Wildman–Crippen MR) is 58.9 cm³/mol. The molecule has 2 aromatic rings. The fourth-order valence-corrected chi connectivity index (χ4v) is 1.86. The van der Waals surface area contributed by atoms with Gasteiger partial charge in [-0.05, 0) is 23.9 Å². The SMILES string of the molecule is Cc1cccc2ccn(CCC(=O)O)c12. The normalized spacial score (nSPS) is 10.7. The van der Waals surface area contributed by atoms with Gasteiger partial charge < -0.3 is 9.67 Å². The first-order valence-corrected chi connectivity index (χ1v) is 4.95. The van der Waals surface area contributed by atoms with E-state index in [9.17, 15) is 4.79 Å². The summed E-state index contributed by atoms with van der Waals surface area (Å²) in [6, 6.07) is 8.11. The Labute approximate surface area is 87.9 Å². The molecule has 3 heteroatoms. The van der Waals surface area contributed by atoms with E-state index in [0.717, 1.165) is 5.52 Å². The maximum Gasteiger partial charge on any atom is 0.305 e. The minimum Gasteiger partial charge on any atom is -0.481 e. The van der Waals surface area contributed by atoms with E-state index in [1.165, 1.54) is 10.9 Å². The topological polar surface area (TPSA) is 42.2 Å². The van der Waals surface area contributed by atoms with Crippen molar-refractivity contribution in [3.05, 3.63) is 36.0 Å². The summed E-state index contributed by atoms with van der Waals surface area (Å²) in [5.74, 6) is -0.759. The van der Waals surface area contributed by atoms with Gasteiger partial charge in [-0.3, -0.25) is 4.79 Å². The van der Waals surface area contributed by atoms with E-state index in [2.05, 4.69) is 0 Å². The number of hydrogen-bond donors (Lipinski definition) is 1. The first-order valence-electron chi connectivity index (χ1n) is 4.95. The monoisotopic (exact) mass is 203 g/mol. The molecule has 0 saturated carbocycles. The number of carboxylic acid groups (broad SMARTS) is 1. The zero-order chi connectivity index (χ0) is 10.8. The predicted octanol–water partition coefficient (Wildman–Crippen LogP) is 2.42. The number of carbonyl (C=O) groups is 1. The molecule has 1 aromatic carbocycles. The Kier molecular flexibility index (Phi) is 2.46. The summed E-state index contributed by atoms with van der Waals surface area (Å²) >= 11 is 0. The number of para-hydroxylation sites is 1. The Morgan fingerprint density at radius 3 is 2.93 bits per heavy atom. The van der Waals surface area contributed by atoms with Crippen molar-refractivity contribution in [2.24, 2.45) is 0 Å². The van der Waals surface area contributed by atoms with Crippen LogP contribution in [0.4, 0.5) is 0 Å². The lowest BCUT2D eigenvalue weighted by Crippen LogP contribution is -2.03. The minimum atomic E-state index is -0.759. The molecule has 1 N–H and O–H groups in total. The highest BCUT2D eigenvalue weighted by atomic mass is 16.4. The van der Waals surface area contributed by atoms with Crippen LogP contribution < -0.4 is 0 Å². The third kappa shape index (κ3) is 1.86. The smallest absolute Gasteiger partial charge is 0.305 e. The van der Waals surface area contributed by atoms with Crippen molar-refractivity contribution < 1.29 is 9.90 Å². The summed E-state index contributed by atoms with van der Waals surface area (Å²) in [5.41, 5.74) is 2.32. The van der Waals surface area contributed by atoms with E-state index >= 15 is 0 Å². The molecule has 2 rings (SSSR count). The fourth-order valence-electron chi connectivity index (χ4n) is 1.86. The first-order chi connectivity index (χ1) is 7.18. The van der Waals surface area contributed by atoms with E-state index < -0.39 is 5.97 Å². The molecule has 0 aliphatic carbocycles. The molecule has 0 radical (unpaired) electrons. The van der Waals surface area contributed by atoms with Gasteiger partial charge in [0.2, 0.25) is 0 Å². The molecule has 3 nitrogen and oxygen atoms in total. The summed E-state index contributed by atoms with van der Waals surface area (Å²) in [5, 5.41) is 9.81. The second-order valence-electron chi connectivity index (χ2n) is 3.67. The fraction of sp³-hybridized carbons (Fsp3) is 0.250. The number of aliphatic carboxylic acids is 1. The third-order valence-electron chi connectivity index (χ3n) is 2.56. The van der Waals surface area contributed by atoms with Gasteiger partial charge in [0.15, 0.2) is 0 Å². The van der Waals surface area contributed by atoms with Gasteiger partial charge in [-0.15, -0.1) is 0 Å². The number of rotatable bonds is 3. The third-order valence-corrected chi connectivity index (χ3v) is 2.56. The Bertz CT molecular complexity index is 499. The number of fused-ring (bicyclic) bond motifs is 1. The summed E-state index contributed by atoms with van der Waals surface area (Å²) in [4.78, 5) is 10.5. The first kappa shape index (κ1) is 9.77. The number of aryl methyl sites for hydroxylation is 2. The zero-order valence-electron chi connectivity index (χ0n) is 8.60. The van der Waals surface area contributed by atoms with Crippen molar-refractivity contribution in [2.75, 3.05) is 0 Å². The average molecular weight is 203 g/mol. The van der Waals surface area contributed by atoms with Gasteiger partial charge in [0, 0.05) is 12.7 Å². The van der Waals surface area contributed by atoms with Gasteiger partial charge in [-0.25, -0.2) is 0 Å². The van der Waals surface area contributed by atoms with E-state index in [-0.39, 0.29) is 6.42 Å². The summed E-state index contributed by atoms with van der Waals surface area (Å²) < 4.78 is 2.00. The van der Waals surface area contributed by atoms with Crippen LogP contribution in [0.2, 0.25) is 0 Å². The van der Waals surface area contributed by atoms with Gasteiger partial charge in [0.25, 0.3) is 0 Å². The number of nitrogens with zero attached hydrogens (tertiary/aromatic N) is 1. The largest absolute Gasteiger partial charge is 0.481 e. The molecule has 0 saturated heterocycles. The van der Waals surface area contributed by atoms with Crippen LogP contribution in [-0.4, -0.2) is 15.6 Å². The van der Waals surface area contributed by atoms with Gasteiger partial charge in [-0.2, -0.15) is 0 Å². The molecule has 1 aromatic heterocycles. The van der Waals surface area contributed by atoms with Crippen LogP contribution in [-0.2, 0) is 11.3 Å². The van der Waals surface area contributed by atoms with E-state index in [4.69, 9.17) is 5.11 Å². The molecule has 15 heavy (non-hydrogen) atoms. The van der Waals surface area contributed by atoms with E-state index in [1.807, 2.05) is 42.0 Å². The number of aromatic nitrogens is 1. The summed E-state index contributed by atoms with van der Waals surface area (Å²) in [6.07, 6.45) is 2.11. The molecule has 0 bridgehead atoms. The van der Waals surface area contributed by atoms with Crippen molar-refractivity contribution in [2.45, 2.75) is 19.9 Å². The molecule has 0 unspecified atom stereocenters. The molecular formula is C12H13NO2. The van der Waals surface area contributed by atoms with Crippen LogP contribution in [0.1, 0.15) is 12.0 Å². The molecule has 78 valence electrons. The Morgan fingerprint density at radius 1 is 1.40 bits per heavy atom. The van der Waals surface area contributed by atoms with Crippen molar-refractivity contribution in [1.82, 2.24) is 4.57 Å². The standard InChI is InChI=1S/C12H13NO2/c1-9-3-2-4-10-5-7-13(12(9)10)8-6-11(14)15/h2-5,7H,6,8H2,1H3,(H,14,15). The molecule has 0 amide bonds. The van der Waals surface area contributed by atoms with Crippen LogP contribution in [0.15, 0.2) is 30.5 Å². The molecule has 0 atom stereocenters. The molecule has 0 spiro atoms. The van der Waals surface area contributed by atoms with E-state index in [0.29, 0.717) is 6.54 Å². The van der Waals surface area contributed by atoms with Crippen molar-refractivity contribution in [3.8, 4) is 0 Å². The maximum absolute atomic E-state index is 10.5. The number of hydrogen-bond acceptors (Lipinski definition) is 1. The number of benzene rings is 1. The summed E-state index contributed by atoms with van der Waals surface area (Å²) in [7, 11) is 0. The second kappa shape index (κ2) is 3.77. The highest BCUT2D eigenvalue weighted by Gasteiger charge is 2.04. The molecule has 1 heterocycles.